The zero-order valence-corrected chi connectivity index (χ0v) is 20.9. The maximum atomic E-state index is 12.2. The van der Waals surface area contributed by atoms with Gasteiger partial charge in [-0.3, -0.25) is 0 Å². The Hall–Kier alpha value is -2.20. The van der Waals surface area contributed by atoms with Gasteiger partial charge in [0.05, 0.1) is 18.2 Å². The number of carbonyl (C=O) groups excluding carboxylic acids is 2. The van der Waals surface area contributed by atoms with E-state index >= 15 is 0 Å². The third-order valence-electron chi connectivity index (χ3n) is 4.17. The predicted octanol–water partition coefficient (Wildman–Crippen LogP) is 4.62. The average molecular weight is 499 g/mol. The summed E-state index contributed by atoms with van der Waals surface area (Å²) >= 11 is 2.88. The molecule has 32 heavy (non-hydrogen) atoms. The minimum Gasteiger partial charge on any atom is -0.479 e. The second-order valence-corrected chi connectivity index (χ2v) is 9.62. The zero-order chi connectivity index (χ0) is 22.4. The first-order valence-corrected chi connectivity index (χ1v) is 11.6. The summed E-state index contributed by atoms with van der Waals surface area (Å²) in [5.41, 5.74) is 1.55. The van der Waals surface area contributed by atoms with Crippen LogP contribution in [-0.4, -0.2) is 42.8 Å². The molecule has 0 spiro atoms. The molecule has 3 heterocycles. The average Bonchev–Trinajstić information content (AvgIpc) is 3.35. The van der Waals surface area contributed by atoms with Crippen LogP contribution in [0.4, 0.5) is 0 Å². The van der Waals surface area contributed by atoms with Gasteiger partial charge in [-0.15, -0.1) is 23.7 Å². The number of halogens is 1. The van der Waals surface area contributed by atoms with Gasteiger partial charge in [0.1, 0.15) is 10.4 Å². The molecule has 7 nitrogen and oxygen atoms in total. The number of methoxy groups -OCH3 is 1. The summed E-state index contributed by atoms with van der Waals surface area (Å²) in [4.78, 5) is 29.9. The van der Waals surface area contributed by atoms with E-state index in [0.717, 1.165) is 18.7 Å². The van der Waals surface area contributed by atoms with E-state index in [1.165, 1.54) is 24.0 Å². The molecule has 0 aliphatic rings. The summed E-state index contributed by atoms with van der Waals surface area (Å²) in [6.07, 6.45) is 0.958. The Morgan fingerprint density at radius 3 is 2.62 bits per heavy atom. The van der Waals surface area contributed by atoms with Crippen molar-refractivity contribution in [1.82, 2.24) is 10.3 Å². The van der Waals surface area contributed by atoms with Crippen molar-refractivity contribution in [3.05, 3.63) is 45.1 Å². The summed E-state index contributed by atoms with van der Waals surface area (Å²) in [6.45, 7) is 6.50. The molecule has 3 aromatic rings. The van der Waals surface area contributed by atoms with Gasteiger partial charge in [0, 0.05) is 6.54 Å². The Morgan fingerprint density at radius 2 is 1.97 bits per heavy atom. The fourth-order valence-corrected chi connectivity index (χ4v) is 4.61. The lowest BCUT2D eigenvalue weighted by atomic mass is 10.2. The molecule has 0 aromatic carbocycles. The molecule has 0 amide bonds. The van der Waals surface area contributed by atoms with Crippen LogP contribution in [0.15, 0.2) is 29.0 Å². The Balaban J connectivity index is 0.00000363. The molecule has 0 saturated carbocycles. The van der Waals surface area contributed by atoms with Gasteiger partial charge < -0.3 is 19.5 Å². The van der Waals surface area contributed by atoms with Gasteiger partial charge in [-0.2, -0.15) is 11.3 Å². The van der Waals surface area contributed by atoms with E-state index in [-0.39, 0.29) is 23.9 Å². The number of hydrogen-bond donors (Lipinski definition) is 1. The smallest absolute Gasteiger partial charge is 0.351 e. The number of thiophene rings is 2. The quantitative estimate of drug-likeness (QED) is 0.340. The SMILES string of the molecule is COC(=O)c1sc2nc(CNCCc3ccsc3)ccc2c1OCC(=O)OC(C)(C)C.Cl. The number of esters is 2. The van der Waals surface area contributed by atoms with E-state index in [1.807, 2.05) is 12.1 Å². The maximum absolute atomic E-state index is 12.2. The van der Waals surface area contributed by atoms with Crippen molar-refractivity contribution in [2.24, 2.45) is 0 Å². The normalized spacial score (nSPS) is 11.1. The summed E-state index contributed by atoms with van der Waals surface area (Å²) in [6, 6.07) is 5.86. The Labute approximate surface area is 201 Å². The third-order valence-corrected chi connectivity index (χ3v) is 5.96. The largest absolute Gasteiger partial charge is 0.479 e. The molecule has 3 rings (SSSR count). The highest BCUT2D eigenvalue weighted by Gasteiger charge is 2.24. The molecule has 0 saturated heterocycles. The van der Waals surface area contributed by atoms with Crippen molar-refractivity contribution in [2.75, 3.05) is 20.3 Å². The first kappa shape index (κ1) is 26.1. The number of hydrogen-bond acceptors (Lipinski definition) is 9. The van der Waals surface area contributed by atoms with E-state index in [2.05, 4.69) is 27.1 Å². The van der Waals surface area contributed by atoms with Gasteiger partial charge in [0.15, 0.2) is 17.2 Å². The molecule has 0 radical (unpaired) electrons. The van der Waals surface area contributed by atoms with E-state index < -0.39 is 17.5 Å². The first-order valence-electron chi connectivity index (χ1n) is 9.84. The monoisotopic (exact) mass is 498 g/mol. The van der Waals surface area contributed by atoms with Crippen LogP contribution in [0.3, 0.4) is 0 Å². The second kappa shape index (κ2) is 11.6. The molecular weight excluding hydrogens is 472 g/mol. The Morgan fingerprint density at radius 1 is 1.19 bits per heavy atom. The van der Waals surface area contributed by atoms with E-state index in [1.54, 1.807) is 32.1 Å². The van der Waals surface area contributed by atoms with Crippen LogP contribution in [0.25, 0.3) is 10.2 Å². The summed E-state index contributed by atoms with van der Waals surface area (Å²) < 4.78 is 15.8. The van der Waals surface area contributed by atoms with Crippen LogP contribution in [-0.2, 0) is 27.2 Å². The number of fused-ring (bicyclic) bond motifs is 1. The Kier molecular flexibility index (Phi) is 9.45. The lowest BCUT2D eigenvalue weighted by molar-refractivity contribution is -0.157. The van der Waals surface area contributed by atoms with Crippen molar-refractivity contribution in [2.45, 2.75) is 39.3 Å². The number of pyridine rings is 1. The minimum absolute atomic E-state index is 0. The van der Waals surface area contributed by atoms with Crippen molar-refractivity contribution < 1.29 is 23.8 Å². The van der Waals surface area contributed by atoms with Crippen molar-refractivity contribution in [1.29, 1.82) is 0 Å². The van der Waals surface area contributed by atoms with Crippen molar-refractivity contribution >= 4 is 57.2 Å². The lowest BCUT2D eigenvalue weighted by Crippen LogP contribution is -2.27. The molecule has 174 valence electrons. The van der Waals surface area contributed by atoms with Crippen molar-refractivity contribution in [3.63, 3.8) is 0 Å². The van der Waals surface area contributed by atoms with E-state index in [0.29, 0.717) is 22.5 Å². The molecule has 0 bridgehead atoms. The summed E-state index contributed by atoms with van der Waals surface area (Å²) in [5, 5.41) is 8.26. The van der Waals surface area contributed by atoms with Gasteiger partial charge in [-0.1, -0.05) is 0 Å². The molecule has 0 aliphatic heterocycles. The van der Waals surface area contributed by atoms with E-state index in [4.69, 9.17) is 14.2 Å². The van der Waals surface area contributed by atoms with Crippen LogP contribution in [0, 0.1) is 0 Å². The Bertz CT molecular complexity index is 1040. The highest BCUT2D eigenvalue weighted by atomic mass is 35.5. The number of ether oxygens (including phenoxy) is 3. The topological polar surface area (TPSA) is 86.8 Å². The summed E-state index contributed by atoms with van der Waals surface area (Å²) in [5.74, 6) is -0.748. The van der Waals surface area contributed by atoms with Crippen LogP contribution >= 0.6 is 35.1 Å². The van der Waals surface area contributed by atoms with Gasteiger partial charge >= 0.3 is 11.9 Å². The number of carbonyl (C=O) groups is 2. The fourth-order valence-electron chi connectivity index (χ4n) is 2.85. The van der Waals surface area contributed by atoms with Gasteiger partial charge in [0.25, 0.3) is 0 Å². The van der Waals surface area contributed by atoms with Crippen LogP contribution < -0.4 is 10.1 Å². The zero-order valence-electron chi connectivity index (χ0n) is 18.4. The van der Waals surface area contributed by atoms with Gasteiger partial charge in [0.2, 0.25) is 0 Å². The molecule has 0 atom stereocenters. The summed E-state index contributed by atoms with van der Waals surface area (Å²) in [7, 11) is 1.31. The molecule has 0 aliphatic carbocycles. The standard InChI is InChI=1S/C22H26N2O5S2.ClH/c1-22(2,3)29-17(25)12-28-18-16-6-5-15(11-23-9-7-14-8-10-30-13-14)24-20(16)31-19(18)21(26)27-4;/h5-6,8,10,13,23H,7,9,11-12H2,1-4H3;1H. The first-order chi connectivity index (χ1) is 14.8. The minimum atomic E-state index is -0.616. The van der Waals surface area contributed by atoms with Gasteiger partial charge in [-0.25, -0.2) is 14.6 Å². The number of nitrogens with zero attached hydrogens (tertiary/aromatic N) is 1. The predicted molar refractivity (Wildman–Crippen MR) is 129 cm³/mol. The number of aromatic nitrogens is 1. The number of rotatable bonds is 9. The molecular formula is C22H27ClN2O5S2. The van der Waals surface area contributed by atoms with Gasteiger partial charge in [-0.05, 0) is 68.3 Å². The molecule has 3 aromatic heterocycles. The molecule has 0 unspecified atom stereocenters. The van der Waals surface area contributed by atoms with E-state index in [9.17, 15) is 9.59 Å². The number of nitrogens with one attached hydrogen (secondary N) is 1. The highest BCUT2D eigenvalue weighted by Crippen LogP contribution is 2.37. The van der Waals surface area contributed by atoms with Crippen LogP contribution in [0.5, 0.6) is 5.75 Å². The highest BCUT2D eigenvalue weighted by molar-refractivity contribution is 7.20. The van der Waals surface area contributed by atoms with Crippen LogP contribution in [0.2, 0.25) is 0 Å². The maximum Gasteiger partial charge on any atom is 0.351 e. The second-order valence-electron chi connectivity index (χ2n) is 7.84. The molecule has 1 N–H and O–H groups in total. The molecule has 10 heteroatoms. The fraction of sp³-hybridized carbons (Fsp3) is 0.409. The van der Waals surface area contributed by atoms with Crippen molar-refractivity contribution in [3.8, 4) is 5.75 Å². The molecule has 0 fully saturated rings. The van der Waals surface area contributed by atoms with Crippen LogP contribution in [0.1, 0.15) is 41.7 Å². The lowest BCUT2D eigenvalue weighted by Gasteiger charge is -2.19. The third kappa shape index (κ3) is 7.16.